The number of nitrogens with zero attached hydrogens (tertiary/aromatic N) is 3. The Morgan fingerprint density at radius 1 is 1.19 bits per heavy atom. The van der Waals surface area contributed by atoms with E-state index in [2.05, 4.69) is 4.79 Å². The lowest BCUT2D eigenvalue weighted by Crippen LogP contribution is -2.40. The van der Waals surface area contributed by atoms with Crippen LogP contribution in [0.5, 0.6) is 0 Å². The van der Waals surface area contributed by atoms with Crippen LogP contribution in [0.4, 0.5) is 0 Å². The van der Waals surface area contributed by atoms with Crippen molar-refractivity contribution in [1.29, 1.82) is 0 Å². The summed E-state index contributed by atoms with van der Waals surface area (Å²) < 4.78 is 23.3. The van der Waals surface area contributed by atoms with Crippen LogP contribution in [-0.2, 0) is 18.4 Å². The number of benzene rings is 1. The van der Waals surface area contributed by atoms with Gasteiger partial charge in [0.1, 0.15) is 0 Å². The van der Waals surface area contributed by atoms with E-state index in [9.17, 15) is 14.9 Å². The molecule has 1 atom stereocenters. The summed E-state index contributed by atoms with van der Waals surface area (Å²) in [5, 5.41) is 0. The van der Waals surface area contributed by atoms with Gasteiger partial charge in [0.2, 0.25) is 0 Å². The van der Waals surface area contributed by atoms with E-state index >= 15 is 0 Å². The molecule has 0 aliphatic heterocycles. The minimum Gasteiger partial charge on any atom is -0.360 e. The SMILES string of the molecule is CCCCN(C(=O)C(=[N+]=[N-])P(=O)(OCC)OCC)[C@H](C)c1ccccc1. The number of unbranched alkanes of at least 4 members (excludes halogenated alkanes) is 1. The topological polar surface area (TPSA) is 92.2 Å². The predicted octanol–water partition coefficient (Wildman–Crippen LogP) is 4.27. The zero-order valence-corrected chi connectivity index (χ0v) is 16.8. The van der Waals surface area contributed by atoms with E-state index in [4.69, 9.17) is 9.05 Å². The van der Waals surface area contributed by atoms with E-state index in [1.807, 2.05) is 44.2 Å². The number of hydrogen-bond acceptors (Lipinski definition) is 4. The summed E-state index contributed by atoms with van der Waals surface area (Å²) in [6.45, 7) is 7.72. The fraction of sp³-hybridized carbons (Fsp3) is 0.556. The van der Waals surface area contributed by atoms with Gasteiger partial charge in [-0.05, 0) is 32.8 Å². The third-order valence-corrected chi connectivity index (χ3v) is 5.90. The first-order valence-corrected chi connectivity index (χ1v) is 10.5. The molecule has 0 aromatic heterocycles. The summed E-state index contributed by atoms with van der Waals surface area (Å²) >= 11 is 0. The Kier molecular flexibility index (Phi) is 9.46. The van der Waals surface area contributed by atoms with Gasteiger partial charge in [-0.1, -0.05) is 43.7 Å². The molecule has 1 amide bonds. The molecule has 0 N–H and O–H groups in total. The van der Waals surface area contributed by atoms with Gasteiger partial charge in [-0.15, -0.1) is 0 Å². The van der Waals surface area contributed by atoms with Crippen molar-refractivity contribution in [1.82, 2.24) is 4.90 Å². The molecule has 0 radical (unpaired) electrons. The van der Waals surface area contributed by atoms with Crippen molar-refractivity contribution in [2.45, 2.75) is 46.6 Å². The van der Waals surface area contributed by atoms with Crippen molar-refractivity contribution in [3.63, 3.8) is 0 Å². The summed E-state index contributed by atoms with van der Waals surface area (Å²) in [6.07, 6.45) is 1.64. The molecule has 0 saturated heterocycles. The van der Waals surface area contributed by atoms with Gasteiger partial charge in [0.05, 0.1) is 19.3 Å². The van der Waals surface area contributed by atoms with E-state index in [1.54, 1.807) is 18.7 Å². The number of amides is 1. The van der Waals surface area contributed by atoms with Crippen molar-refractivity contribution in [3.05, 3.63) is 41.4 Å². The lowest BCUT2D eigenvalue weighted by atomic mass is 10.1. The zero-order chi connectivity index (χ0) is 19.6. The fourth-order valence-corrected chi connectivity index (χ4v) is 4.02. The number of hydrogen-bond donors (Lipinski definition) is 0. The first kappa shape index (κ1) is 22.3. The van der Waals surface area contributed by atoms with Crippen LogP contribution in [0.2, 0.25) is 0 Å². The number of carbonyl (C=O) groups is 1. The van der Waals surface area contributed by atoms with E-state index < -0.39 is 19.0 Å². The lowest BCUT2D eigenvalue weighted by molar-refractivity contribution is -0.130. The number of rotatable bonds is 11. The number of carbonyl (C=O) groups excluding carboxylic acids is 1. The van der Waals surface area contributed by atoms with Gasteiger partial charge < -0.3 is 19.5 Å². The van der Waals surface area contributed by atoms with Gasteiger partial charge in [0.25, 0.3) is 0 Å². The maximum Gasteiger partial charge on any atom is 0.465 e. The average molecular weight is 381 g/mol. The second-order valence-corrected chi connectivity index (χ2v) is 7.63. The van der Waals surface area contributed by atoms with Crippen LogP contribution in [0.3, 0.4) is 0 Å². The quantitative estimate of drug-likeness (QED) is 0.248. The Morgan fingerprint density at radius 2 is 1.77 bits per heavy atom. The Balaban J connectivity index is 3.24. The van der Waals surface area contributed by atoms with Gasteiger partial charge in [-0.25, -0.2) is 4.57 Å². The first-order valence-electron chi connectivity index (χ1n) is 8.92. The first-order chi connectivity index (χ1) is 12.4. The summed E-state index contributed by atoms with van der Waals surface area (Å²) in [7, 11) is -3.99. The molecule has 0 fully saturated rings. The van der Waals surface area contributed by atoms with E-state index in [1.165, 1.54) is 0 Å². The highest BCUT2D eigenvalue weighted by atomic mass is 31.2. The van der Waals surface area contributed by atoms with Gasteiger partial charge in [-0.3, -0.25) is 4.79 Å². The van der Waals surface area contributed by atoms with Crippen molar-refractivity contribution in [3.8, 4) is 0 Å². The maximum absolute atomic E-state index is 13.1. The Morgan fingerprint density at radius 3 is 2.23 bits per heavy atom. The molecule has 0 bridgehead atoms. The molecule has 26 heavy (non-hydrogen) atoms. The third-order valence-electron chi connectivity index (χ3n) is 3.91. The smallest absolute Gasteiger partial charge is 0.360 e. The van der Waals surface area contributed by atoms with Gasteiger partial charge in [0.15, 0.2) is 0 Å². The Hall–Kier alpha value is -1.78. The molecular weight excluding hydrogens is 353 g/mol. The monoisotopic (exact) mass is 381 g/mol. The maximum atomic E-state index is 13.1. The van der Waals surface area contributed by atoms with Crippen LogP contribution < -0.4 is 0 Å². The lowest BCUT2D eigenvalue weighted by Gasteiger charge is -2.28. The zero-order valence-electron chi connectivity index (χ0n) is 15.9. The molecule has 0 aliphatic carbocycles. The molecule has 7 nitrogen and oxygen atoms in total. The summed E-state index contributed by atoms with van der Waals surface area (Å²) in [4.78, 5) is 17.6. The van der Waals surface area contributed by atoms with Crippen LogP contribution in [0.1, 0.15) is 52.1 Å². The molecule has 0 spiro atoms. The minimum absolute atomic E-state index is 0.0623. The molecule has 0 saturated carbocycles. The van der Waals surface area contributed by atoms with Crippen LogP contribution in [0, 0.1) is 0 Å². The average Bonchev–Trinajstić information content (AvgIpc) is 2.63. The van der Waals surface area contributed by atoms with E-state index in [0.29, 0.717) is 6.54 Å². The van der Waals surface area contributed by atoms with E-state index in [0.717, 1.165) is 18.4 Å². The van der Waals surface area contributed by atoms with Crippen LogP contribution >= 0.6 is 7.60 Å². The van der Waals surface area contributed by atoms with Crippen LogP contribution in [0.15, 0.2) is 30.3 Å². The molecule has 144 valence electrons. The molecule has 1 rings (SSSR count). The molecule has 8 heteroatoms. The molecule has 1 aromatic carbocycles. The summed E-state index contributed by atoms with van der Waals surface area (Å²) in [6, 6.07) is 9.22. The highest BCUT2D eigenvalue weighted by Crippen LogP contribution is 2.49. The summed E-state index contributed by atoms with van der Waals surface area (Å²) in [5.41, 5.74) is 9.76. The minimum atomic E-state index is -3.99. The third kappa shape index (κ3) is 5.61. The highest BCUT2D eigenvalue weighted by molar-refractivity contribution is 7.74. The normalized spacial score (nSPS) is 12.3. The standard InChI is InChI=1S/C18H28N3O4P/c1-5-8-14-21(15(4)16-12-10-9-11-13-16)18(22)17(20-19)26(23,24-6-2)25-7-3/h9-13,15H,5-8,14H2,1-4H3/t15-/m1/s1. The van der Waals surface area contributed by atoms with Gasteiger partial charge >= 0.3 is 19.0 Å². The van der Waals surface area contributed by atoms with Gasteiger partial charge in [0, 0.05) is 6.54 Å². The van der Waals surface area contributed by atoms with Crippen LogP contribution in [-0.4, -0.2) is 40.8 Å². The van der Waals surface area contributed by atoms with Crippen molar-refractivity contribution in [2.75, 3.05) is 19.8 Å². The second kappa shape index (κ2) is 11.0. The molecule has 1 aromatic rings. The molecule has 0 unspecified atom stereocenters. The summed E-state index contributed by atoms with van der Waals surface area (Å²) in [5.74, 6) is -0.650. The van der Waals surface area contributed by atoms with Crippen molar-refractivity contribution >= 4 is 19.0 Å². The molecule has 0 aliphatic rings. The van der Waals surface area contributed by atoms with E-state index in [-0.39, 0.29) is 19.3 Å². The van der Waals surface area contributed by atoms with Crippen molar-refractivity contribution in [2.24, 2.45) is 0 Å². The Bertz CT molecular complexity index is 664. The van der Waals surface area contributed by atoms with Gasteiger partial charge in [-0.2, -0.15) is 4.79 Å². The second-order valence-electron chi connectivity index (χ2n) is 5.70. The molecular formula is C18H28N3O4P. The fourth-order valence-electron chi connectivity index (χ4n) is 2.55. The molecule has 0 heterocycles. The largest absolute Gasteiger partial charge is 0.465 e. The predicted molar refractivity (Wildman–Crippen MR) is 101 cm³/mol. The van der Waals surface area contributed by atoms with Crippen molar-refractivity contribution < 1.29 is 23.2 Å². The Labute approximate surface area is 155 Å². The van der Waals surface area contributed by atoms with Crippen LogP contribution in [0.25, 0.3) is 5.53 Å². The highest BCUT2D eigenvalue weighted by Gasteiger charge is 2.48.